The number of hydrogen-bond acceptors (Lipinski definition) is 8. The molecule has 10 nitrogen and oxygen atoms in total. The molecule has 5 N–H and O–H groups in total. The van der Waals surface area contributed by atoms with E-state index in [1.54, 1.807) is 49.3 Å². The number of nitrogens with one attached hydrogen (secondary N) is 3. The molecule has 0 bridgehead atoms. The van der Waals surface area contributed by atoms with Crippen LogP contribution in [0, 0.1) is 11.3 Å². The van der Waals surface area contributed by atoms with E-state index in [1.165, 1.54) is 13.4 Å². The molecule has 10 heteroatoms. The van der Waals surface area contributed by atoms with Gasteiger partial charge in [-0.25, -0.2) is 9.97 Å². The largest absolute Gasteiger partial charge is 0.496 e. The zero-order chi connectivity index (χ0) is 31.4. The quantitative estimate of drug-likeness (QED) is 0.197. The lowest BCUT2D eigenvalue weighted by Gasteiger charge is -2.31. The van der Waals surface area contributed by atoms with Gasteiger partial charge in [-0.1, -0.05) is 68.1 Å². The number of allylic oxidation sites excluding steroid dienone is 2. The Kier molecular flexibility index (Phi) is 12.0. The molecule has 1 aliphatic carbocycles. The summed E-state index contributed by atoms with van der Waals surface area (Å²) in [6.07, 6.45) is 8.07. The summed E-state index contributed by atoms with van der Waals surface area (Å²) < 4.78 is 5.27. The van der Waals surface area contributed by atoms with Gasteiger partial charge >= 0.3 is 0 Å². The van der Waals surface area contributed by atoms with Crippen molar-refractivity contribution in [1.29, 1.82) is 5.41 Å². The van der Waals surface area contributed by atoms with E-state index in [9.17, 15) is 9.59 Å². The van der Waals surface area contributed by atoms with Gasteiger partial charge in [0.25, 0.3) is 5.91 Å². The molecule has 2 atom stereocenters. The summed E-state index contributed by atoms with van der Waals surface area (Å²) in [5.74, 6) is 1.08. The molecular formula is C33H41N7O3. The summed E-state index contributed by atoms with van der Waals surface area (Å²) in [7, 11) is 5.09. The number of nitrogen functional groups attached to an aromatic ring is 1. The highest BCUT2D eigenvalue weighted by Crippen LogP contribution is 2.30. The van der Waals surface area contributed by atoms with Crippen LogP contribution in [0.5, 0.6) is 5.75 Å². The predicted molar refractivity (Wildman–Crippen MR) is 171 cm³/mol. The Morgan fingerprint density at radius 2 is 1.79 bits per heavy atom. The van der Waals surface area contributed by atoms with Crippen molar-refractivity contribution in [3.05, 3.63) is 102 Å². The summed E-state index contributed by atoms with van der Waals surface area (Å²) >= 11 is 0. The van der Waals surface area contributed by atoms with E-state index in [4.69, 9.17) is 15.9 Å². The van der Waals surface area contributed by atoms with Crippen LogP contribution in [-0.4, -0.2) is 59.6 Å². The standard InChI is InChI=1S/C29H35N7O3.C4H6/c1-36(2)29(38)20-7-6-8-21(15-20)35-27-24(26(31)33-17-34-27)25(30)19-13-11-18(12-14-19)16-32-28(37)22-9-4-5-10-23(22)39-3;1-3-4-2/h4-5,9-14,17,20-21,30H,6-8,15-16H2,1-3H3,(H,32,37)(H3,31,33,34,35);3-4H,1-2H2. The Labute approximate surface area is 253 Å². The van der Waals surface area contributed by atoms with Crippen LogP contribution in [0.1, 0.15) is 52.7 Å². The van der Waals surface area contributed by atoms with Gasteiger partial charge in [-0.2, -0.15) is 0 Å². The van der Waals surface area contributed by atoms with Crippen LogP contribution in [0.2, 0.25) is 0 Å². The van der Waals surface area contributed by atoms with Gasteiger partial charge in [0.2, 0.25) is 5.91 Å². The van der Waals surface area contributed by atoms with Gasteiger partial charge in [0.05, 0.1) is 23.9 Å². The number of nitrogens with zero attached hydrogens (tertiary/aromatic N) is 3. The van der Waals surface area contributed by atoms with Gasteiger partial charge < -0.3 is 26.0 Å². The normalized spacial score (nSPS) is 15.6. The second-order valence-electron chi connectivity index (χ2n) is 10.3. The minimum atomic E-state index is -0.230. The van der Waals surface area contributed by atoms with Crippen LogP contribution in [0.25, 0.3) is 0 Å². The third-order valence-corrected chi connectivity index (χ3v) is 7.15. The minimum absolute atomic E-state index is 0.0376. The van der Waals surface area contributed by atoms with Crippen molar-refractivity contribution in [2.24, 2.45) is 5.92 Å². The fourth-order valence-electron chi connectivity index (χ4n) is 4.90. The van der Waals surface area contributed by atoms with E-state index in [0.717, 1.165) is 24.8 Å². The van der Waals surface area contributed by atoms with Gasteiger partial charge in [0.15, 0.2) is 0 Å². The molecule has 2 aromatic carbocycles. The fourth-order valence-corrected chi connectivity index (χ4v) is 4.90. The molecule has 226 valence electrons. The summed E-state index contributed by atoms with van der Waals surface area (Å²) in [5, 5.41) is 15.2. The number of carbonyl (C=O) groups is 2. The van der Waals surface area contributed by atoms with Crippen molar-refractivity contribution in [3.8, 4) is 5.75 Å². The Bertz CT molecular complexity index is 1430. The first kappa shape index (κ1) is 32.5. The molecule has 1 aliphatic rings. The number of aromatic nitrogens is 2. The molecule has 1 fully saturated rings. The molecular weight excluding hydrogens is 542 g/mol. The highest BCUT2D eigenvalue weighted by Gasteiger charge is 2.29. The van der Waals surface area contributed by atoms with E-state index in [-0.39, 0.29) is 35.3 Å². The molecule has 1 saturated carbocycles. The van der Waals surface area contributed by atoms with Crippen molar-refractivity contribution < 1.29 is 14.3 Å². The number of para-hydroxylation sites is 1. The average molecular weight is 584 g/mol. The van der Waals surface area contributed by atoms with E-state index in [1.807, 2.05) is 30.3 Å². The van der Waals surface area contributed by atoms with Gasteiger partial charge in [-0.3, -0.25) is 15.0 Å². The average Bonchev–Trinajstić information content (AvgIpc) is 3.03. The highest BCUT2D eigenvalue weighted by atomic mass is 16.5. The number of hydrogen-bond donors (Lipinski definition) is 4. The number of rotatable bonds is 10. The summed E-state index contributed by atoms with van der Waals surface area (Å²) in [5.41, 5.74) is 8.82. The van der Waals surface area contributed by atoms with Crippen LogP contribution in [0.4, 0.5) is 11.6 Å². The highest BCUT2D eigenvalue weighted by molar-refractivity contribution is 6.16. The zero-order valence-corrected chi connectivity index (χ0v) is 25.1. The number of ether oxygens (including phenoxy) is 1. The third-order valence-electron chi connectivity index (χ3n) is 7.15. The van der Waals surface area contributed by atoms with Crippen LogP contribution in [-0.2, 0) is 11.3 Å². The molecule has 0 aliphatic heterocycles. The molecule has 43 heavy (non-hydrogen) atoms. The smallest absolute Gasteiger partial charge is 0.255 e. The van der Waals surface area contributed by atoms with Gasteiger partial charge in [-0.15, -0.1) is 0 Å². The van der Waals surface area contributed by atoms with Gasteiger partial charge in [-0.05, 0) is 37.0 Å². The molecule has 1 aromatic heterocycles. The predicted octanol–water partition coefficient (Wildman–Crippen LogP) is 4.83. The van der Waals surface area contributed by atoms with Gasteiger partial charge in [0, 0.05) is 38.2 Å². The molecule has 0 radical (unpaired) electrons. The van der Waals surface area contributed by atoms with E-state index in [2.05, 4.69) is 33.8 Å². The van der Waals surface area contributed by atoms with Crippen molar-refractivity contribution >= 4 is 29.2 Å². The lowest BCUT2D eigenvalue weighted by molar-refractivity contribution is -0.134. The van der Waals surface area contributed by atoms with Crippen LogP contribution in [0.15, 0.2) is 80.2 Å². The summed E-state index contributed by atoms with van der Waals surface area (Å²) in [4.78, 5) is 35.3. The zero-order valence-electron chi connectivity index (χ0n) is 25.1. The third kappa shape index (κ3) is 8.75. The lowest BCUT2D eigenvalue weighted by Crippen LogP contribution is -2.37. The van der Waals surface area contributed by atoms with Gasteiger partial charge in [0.1, 0.15) is 23.7 Å². The Morgan fingerprint density at radius 1 is 1.09 bits per heavy atom. The number of amides is 2. The first-order valence-electron chi connectivity index (χ1n) is 14.1. The fraction of sp³-hybridized carbons (Fsp3) is 0.303. The molecule has 1 heterocycles. The first-order chi connectivity index (χ1) is 20.7. The number of carbonyl (C=O) groups excluding carboxylic acids is 2. The van der Waals surface area contributed by atoms with Crippen molar-refractivity contribution in [1.82, 2.24) is 20.2 Å². The first-order valence-corrected chi connectivity index (χ1v) is 14.1. The number of nitrogens with two attached hydrogens (primary N) is 1. The monoisotopic (exact) mass is 583 g/mol. The molecule has 2 amide bonds. The topological polar surface area (TPSA) is 146 Å². The summed E-state index contributed by atoms with van der Waals surface area (Å²) in [6.45, 7) is 7.04. The molecule has 0 saturated heterocycles. The van der Waals surface area contributed by atoms with Crippen molar-refractivity contribution in [2.45, 2.75) is 38.3 Å². The van der Waals surface area contributed by atoms with E-state index in [0.29, 0.717) is 41.2 Å². The molecule has 2 unspecified atom stereocenters. The Morgan fingerprint density at radius 3 is 2.44 bits per heavy atom. The minimum Gasteiger partial charge on any atom is -0.496 e. The lowest BCUT2D eigenvalue weighted by atomic mass is 9.84. The number of methoxy groups -OCH3 is 1. The van der Waals surface area contributed by atoms with Crippen LogP contribution < -0.4 is 21.1 Å². The van der Waals surface area contributed by atoms with Crippen molar-refractivity contribution in [3.63, 3.8) is 0 Å². The maximum absolute atomic E-state index is 12.6. The summed E-state index contributed by atoms with van der Waals surface area (Å²) in [6, 6.07) is 14.4. The van der Waals surface area contributed by atoms with E-state index < -0.39 is 0 Å². The maximum Gasteiger partial charge on any atom is 0.255 e. The molecule has 0 spiro atoms. The van der Waals surface area contributed by atoms with Crippen LogP contribution in [0.3, 0.4) is 0 Å². The second-order valence-corrected chi connectivity index (χ2v) is 10.3. The Balaban J connectivity index is 0.00000119. The second kappa shape index (κ2) is 15.9. The van der Waals surface area contributed by atoms with E-state index >= 15 is 0 Å². The van der Waals surface area contributed by atoms with Crippen LogP contribution >= 0.6 is 0 Å². The Hall–Kier alpha value is -4.99. The number of anilines is 2. The van der Waals surface area contributed by atoms with Crippen molar-refractivity contribution in [2.75, 3.05) is 32.3 Å². The molecule has 4 rings (SSSR count). The molecule has 3 aromatic rings. The maximum atomic E-state index is 12.6. The number of benzene rings is 2. The SMILES string of the molecule is C=CC=C.COc1ccccc1C(=O)NCc1ccc(C(=N)c2c(N)ncnc2NC2CCCC(C(=O)N(C)C)C2)cc1.